The molecular formula is C28H27NO4. The lowest BCUT2D eigenvalue weighted by atomic mass is 9.86. The summed E-state index contributed by atoms with van der Waals surface area (Å²) in [6.45, 7) is 2.32. The van der Waals surface area contributed by atoms with Crippen molar-refractivity contribution in [3.8, 4) is 23.0 Å². The van der Waals surface area contributed by atoms with E-state index in [1.165, 1.54) is 25.3 Å². The van der Waals surface area contributed by atoms with Gasteiger partial charge in [-0.25, -0.2) is 0 Å². The van der Waals surface area contributed by atoms with Crippen LogP contribution in [0.3, 0.4) is 0 Å². The van der Waals surface area contributed by atoms with Crippen molar-refractivity contribution in [3.63, 3.8) is 0 Å². The van der Waals surface area contributed by atoms with Gasteiger partial charge >= 0.3 is 11.9 Å². The van der Waals surface area contributed by atoms with Gasteiger partial charge in [0.2, 0.25) is 0 Å². The number of carbonyl (C=O) groups excluding carboxylic acids is 2. The lowest BCUT2D eigenvalue weighted by molar-refractivity contribution is -0.159. The number of nitrogens with one attached hydrogen (secondary N) is 1. The first-order valence-corrected chi connectivity index (χ1v) is 10.6. The van der Waals surface area contributed by atoms with Crippen molar-refractivity contribution in [1.82, 2.24) is 0 Å². The lowest BCUT2D eigenvalue weighted by Crippen LogP contribution is -2.31. The fraction of sp³-hybridized carbons (Fsp3) is 0.214. The van der Waals surface area contributed by atoms with Gasteiger partial charge in [0.25, 0.3) is 0 Å². The molecule has 1 N–H and O–H groups in total. The van der Waals surface area contributed by atoms with E-state index in [1.807, 2.05) is 42.5 Å². The Labute approximate surface area is 194 Å². The fourth-order valence-electron chi connectivity index (χ4n) is 3.64. The van der Waals surface area contributed by atoms with Crippen molar-refractivity contribution in [1.29, 1.82) is 0 Å². The highest BCUT2D eigenvalue weighted by Crippen LogP contribution is 2.28. The molecule has 0 aliphatic heterocycles. The van der Waals surface area contributed by atoms with E-state index in [-0.39, 0.29) is 0 Å². The summed E-state index contributed by atoms with van der Waals surface area (Å²) in [7, 11) is 2.49. The SMILES string of the molecule is CC#CC(c1ccc(NCc2cccc(-c3ccccc3)c2)cc1)C(C(=O)OC)C(=O)OC. The van der Waals surface area contributed by atoms with Crippen LogP contribution in [0.5, 0.6) is 0 Å². The molecule has 0 spiro atoms. The van der Waals surface area contributed by atoms with Crippen molar-refractivity contribution in [2.45, 2.75) is 19.4 Å². The van der Waals surface area contributed by atoms with Crippen molar-refractivity contribution in [3.05, 3.63) is 90.0 Å². The molecule has 0 amide bonds. The largest absolute Gasteiger partial charge is 0.468 e. The Hall–Kier alpha value is -4.04. The number of esters is 2. The van der Waals surface area contributed by atoms with Crippen LogP contribution in [-0.4, -0.2) is 26.2 Å². The second-order valence-electron chi connectivity index (χ2n) is 7.44. The first-order chi connectivity index (χ1) is 16.1. The van der Waals surface area contributed by atoms with Gasteiger partial charge < -0.3 is 14.8 Å². The van der Waals surface area contributed by atoms with Crippen molar-refractivity contribution < 1.29 is 19.1 Å². The predicted octanol–water partition coefficient (Wildman–Crippen LogP) is 5.03. The molecule has 33 heavy (non-hydrogen) atoms. The van der Waals surface area contributed by atoms with Crippen LogP contribution in [0.25, 0.3) is 11.1 Å². The summed E-state index contributed by atoms with van der Waals surface area (Å²) in [4.78, 5) is 24.5. The van der Waals surface area contributed by atoms with Gasteiger partial charge in [0.15, 0.2) is 5.92 Å². The summed E-state index contributed by atoms with van der Waals surface area (Å²) in [5.74, 6) is 2.61. The van der Waals surface area contributed by atoms with Crippen molar-refractivity contribution in [2.24, 2.45) is 5.92 Å². The molecule has 5 heteroatoms. The standard InChI is InChI=1S/C28H27NO4/c1-4-9-25(26(27(30)32-2)28(31)33-3)22-14-16-24(17-15-22)29-19-20-10-8-13-23(18-20)21-11-6-5-7-12-21/h5-8,10-18,25-26,29H,19H2,1-3H3. The summed E-state index contributed by atoms with van der Waals surface area (Å²) < 4.78 is 9.63. The highest BCUT2D eigenvalue weighted by molar-refractivity contribution is 5.96. The zero-order valence-electron chi connectivity index (χ0n) is 19.0. The highest BCUT2D eigenvalue weighted by Gasteiger charge is 2.37. The van der Waals surface area contributed by atoms with E-state index in [0.717, 1.165) is 16.8 Å². The Morgan fingerprint density at radius 3 is 2.09 bits per heavy atom. The average molecular weight is 442 g/mol. The molecular weight excluding hydrogens is 414 g/mol. The van der Waals surface area contributed by atoms with E-state index < -0.39 is 23.8 Å². The summed E-state index contributed by atoms with van der Waals surface area (Å²) in [5.41, 5.74) is 5.16. The molecule has 0 radical (unpaired) electrons. The number of hydrogen-bond acceptors (Lipinski definition) is 5. The molecule has 0 heterocycles. The average Bonchev–Trinajstić information content (AvgIpc) is 2.87. The molecule has 3 aromatic carbocycles. The number of anilines is 1. The van der Waals surface area contributed by atoms with Crippen LogP contribution in [0.2, 0.25) is 0 Å². The van der Waals surface area contributed by atoms with E-state index in [1.54, 1.807) is 6.92 Å². The van der Waals surface area contributed by atoms with Gasteiger partial charge in [-0.15, -0.1) is 5.92 Å². The Morgan fingerprint density at radius 1 is 0.848 bits per heavy atom. The van der Waals surface area contributed by atoms with Crippen LogP contribution in [0, 0.1) is 17.8 Å². The lowest BCUT2D eigenvalue weighted by Gasteiger charge is -2.20. The van der Waals surface area contributed by atoms with E-state index in [4.69, 9.17) is 9.47 Å². The highest BCUT2D eigenvalue weighted by atomic mass is 16.5. The molecule has 0 saturated carbocycles. The van der Waals surface area contributed by atoms with E-state index in [2.05, 4.69) is 53.6 Å². The molecule has 168 valence electrons. The fourth-order valence-corrected chi connectivity index (χ4v) is 3.64. The molecule has 0 saturated heterocycles. The van der Waals surface area contributed by atoms with Crippen LogP contribution in [-0.2, 0) is 25.6 Å². The topological polar surface area (TPSA) is 64.6 Å². The Bertz CT molecular complexity index is 1130. The van der Waals surface area contributed by atoms with Crippen LogP contribution in [0.4, 0.5) is 5.69 Å². The van der Waals surface area contributed by atoms with Gasteiger partial charge in [0.05, 0.1) is 20.1 Å². The third kappa shape index (κ3) is 6.02. The second-order valence-corrected chi connectivity index (χ2v) is 7.44. The van der Waals surface area contributed by atoms with E-state index in [0.29, 0.717) is 6.54 Å². The number of methoxy groups -OCH3 is 2. The third-order valence-electron chi connectivity index (χ3n) is 5.34. The quantitative estimate of drug-likeness (QED) is 0.302. The molecule has 3 rings (SSSR count). The van der Waals surface area contributed by atoms with Crippen LogP contribution in [0.15, 0.2) is 78.9 Å². The van der Waals surface area contributed by atoms with Crippen LogP contribution < -0.4 is 5.32 Å². The van der Waals surface area contributed by atoms with Gasteiger partial charge in [0.1, 0.15) is 0 Å². The predicted molar refractivity (Wildman–Crippen MR) is 129 cm³/mol. The number of carbonyl (C=O) groups is 2. The number of ether oxygens (including phenoxy) is 2. The van der Waals surface area contributed by atoms with Gasteiger partial charge in [-0.05, 0) is 47.4 Å². The molecule has 1 atom stereocenters. The molecule has 0 aliphatic carbocycles. The molecule has 5 nitrogen and oxygen atoms in total. The molecule has 0 fully saturated rings. The molecule has 0 aliphatic rings. The zero-order chi connectivity index (χ0) is 23.6. The first-order valence-electron chi connectivity index (χ1n) is 10.6. The normalized spacial score (nSPS) is 11.2. The first kappa shape index (κ1) is 23.6. The third-order valence-corrected chi connectivity index (χ3v) is 5.34. The number of benzene rings is 3. The Morgan fingerprint density at radius 2 is 1.48 bits per heavy atom. The monoisotopic (exact) mass is 441 g/mol. The summed E-state index contributed by atoms with van der Waals surface area (Å²) in [6.07, 6.45) is 0. The molecule has 0 aromatic heterocycles. The maximum Gasteiger partial charge on any atom is 0.321 e. The summed E-state index contributed by atoms with van der Waals surface area (Å²) in [5, 5.41) is 3.42. The van der Waals surface area contributed by atoms with Gasteiger partial charge in [-0.2, -0.15) is 0 Å². The maximum atomic E-state index is 12.3. The van der Waals surface area contributed by atoms with Crippen LogP contribution in [0.1, 0.15) is 24.0 Å². The number of rotatable bonds is 8. The summed E-state index contributed by atoms with van der Waals surface area (Å²) >= 11 is 0. The minimum Gasteiger partial charge on any atom is -0.468 e. The zero-order valence-corrected chi connectivity index (χ0v) is 19.0. The molecule has 3 aromatic rings. The van der Waals surface area contributed by atoms with Crippen molar-refractivity contribution in [2.75, 3.05) is 19.5 Å². The second kappa shape index (κ2) is 11.5. The summed E-state index contributed by atoms with van der Waals surface area (Å²) in [6, 6.07) is 26.2. The van der Waals surface area contributed by atoms with E-state index >= 15 is 0 Å². The van der Waals surface area contributed by atoms with Gasteiger partial charge in [-0.3, -0.25) is 9.59 Å². The minimum atomic E-state index is -1.15. The van der Waals surface area contributed by atoms with Crippen molar-refractivity contribution >= 4 is 17.6 Å². The maximum absolute atomic E-state index is 12.3. The molecule has 0 bridgehead atoms. The van der Waals surface area contributed by atoms with Gasteiger partial charge in [-0.1, -0.05) is 66.6 Å². The van der Waals surface area contributed by atoms with Crippen LogP contribution >= 0.6 is 0 Å². The minimum absolute atomic E-state index is 0.658. The van der Waals surface area contributed by atoms with E-state index in [9.17, 15) is 9.59 Å². The van der Waals surface area contributed by atoms with Gasteiger partial charge in [0, 0.05) is 12.2 Å². The Kier molecular flexibility index (Phi) is 8.26. The Balaban J connectivity index is 1.74. The molecule has 1 unspecified atom stereocenters. The number of hydrogen-bond donors (Lipinski definition) is 1. The smallest absolute Gasteiger partial charge is 0.321 e.